The molecular weight excluding hydrogens is 272 g/mol. The minimum Gasteiger partial charge on any atom is -0.491 e. The lowest BCUT2D eigenvalue weighted by atomic mass is 9.83. The van der Waals surface area contributed by atoms with Crippen LogP contribution in [0.2, 0.25) is 0 Å². The van der Waals surface area contributed by atoms with Crippen molar-refractivity contribution in [3.63, 3.8) is 0 Å². The Bertz CT molecular complexity index is 511. The highest BCUT2D eigenvalue weighted by Crippen LogP contribution is 2.37. The summed E-state index contributed by atoms with van der Waals surface area (Å²) in [5.74, 6) is 2.57. The van der Waals surface area contributed by atoms with Crippen LogP contribution in [0.1, 0.15) is 66.9 Å². The molecule has 0 spiro atoms. The predicted octanol–water partition coefficient (Wildman–Crippen LogP) is 5.63. The number of fused-ring (bicyclic) bond motifs is 1. The van der Waals surface area contributed by atoms with Gasteiger partial charge in [0.25, 0.3) is 0 Å². The van der Waals surface area contributed by atoms with Crippen LogP contribution < -0.4 is 9.47 Å². The van der Waals surface area contributed by atoms with Crippen LogP contribution in [-0.2, 0) is 6.42 Å². The maximum Gasteiger partial charge on any atom is 0.127 e. The topological polar surface area (TPSA) is 18.5 Å². The van der Waals surface area contributed by atoms with Crippen LogP contribution in [0, 0.1) is 11.3 Å². The first-order valence-corrected chi connectivity index (χ1v) is 8.53. The monoisotopic (exact) mass is 304 g/mol. The van der Waals surface area contributed by atoms with Crippen LogP contribution in [0.4, 0.5) is 0 Å². The molecule has 2 nitrogen and oxygen atoms in total. The second kappa shape index (κ2) is 6.14. The number of hydrogen-bond acceptors (Lipinski definition) is 2. The minimum atomic E-state index is -0.0895. The van der Waals surface area contributed by atoms with E-state index in [0.29, 0.717) is 11.3 Å². The highest BCUT2D eigenvalue weighted by molar-refractivity contribution is 5.44. The molecule has 2 unspecified atom stereocenters. The van der Waals surface area contributed by atoms with Crippen LogP contribution in [0.5, 0.6) is 11.5 Å². The van der Waals surface area contributed by atoms with Gasteiger partial charge in [-0.05, 0) is 56.6 Å². The van der Waals surface area contributed by atoms with Gasteiger partial charge >= 0.3 is 0 Å². The highest BCUT2D eigenvalue weighted by Gasteiger charge is 2.30. The van der Waals surface area contributed by atoms with Crippen molar-refractivity contribution in [1.82, 2.24) is 0 Å². The molecule has 0 aliphatic carbocycles. The molecule has 124 valence electrons. The summed E-state index contributed by atoms with van der Waals surface area (Å²) in [6.07, 6.45) is 3.51. The van der Waals surface area contributed by atoms with Crippen LogP contribution >= 0.6 is 0 Å². The molecule has 2 rings (SSSR count). The summed E-state index contributed by atoms with van der Waals surface area (Å²) in [6.45, 7) is 15.6. The Morgan fingerprint density at radius 1 is 1.23 bits per heavy atom. The van der Waals surface area contributed by atoms with Crippen molar-refractivity contribution in [2.75, 3.05) is 0 Å². The molecule has 0 fully saturated rings. The van der Waals surface area contributed by atoms with E-state index >= 15 is 0 Å². The van der Waals surface area contributed by atoms with Crippen molar-refractivity contribution in [3.8, 4) is 11.5 Å². The van der Waals surface area contributed by atoms with Gasteiger partial charge in [-0.15, -0.1) is 0 Å². The van der Waals surface area contributed by atoms with Crippen molar-refractivity contribution in [2.45, 2.75) is 79.4 Å². The molecule has 2 atom stereocenters. The third-order valence-corrected chi connectivity index (χ3v) is 4.07. The van der Waals surface area contributed by atoms with E-state index in [9.17, 15) is 0 Å². The summed E-state index contributed by atoms with van der Waals surface area (Å²) in [4.78, 5) is 0. The molecule has 2 heteroatoms. The van der Waals surface area contributed by atoms with Crippen LogP contribution in [0.25, 0.3) is 0 Å². The largest absolute Gasteiger partial charge is 0.491 e. The zero-order chi connectivity index (χ0) is 16.5. The van der Waals surface area contributed by atoms with E-state index in [2.05, 4.69) is 66.7 Å². The SMILES string of the molecule is CC(CC(C)Oc1ccc2c(c1)OC(C)(C)C2)CC(C)(C)C. The highest BCUT2D eigenvalue weighted by atomic mass is 16.5. The van der Waals surface area contributed by atoms with E-state index in [1.165, 1.54) is 12.0 Å². The smallest absolute Gasteiger partial charge is 0.127 e. The number of rotatable bonds is 5. The van der Waals surface area contributed by atoms with Gasteiger partial charge in [0, 0.05) is 12.5 Å². The van der Waals surface area contributed by atoms with E-state index in [1.54, 1.807) is 0 Å². The van der Waals surface area contributed by atoms with Crippen molar-refractivity contribution < 1.29 is 9.47 Å². The molecule has 0 saturated carbocycles. The lowest BCUT2D eigenvalue weighted by Gasteiger charge is -2.25. The fraction of sp³-hybridized carbons (Fsp3) is 0.700. The summed E-state index contributed by atoms with van der Waals surface area (Å²) in [6, 6.07) is 6.27. The summed E-state index contributed by atoms with van der Waals surface area (Å²) in [5.41, 5.74) is 1.58. The Morgan fingerprint density at radius 2 is 1.91 bits per heavy atom. The molecule has 22 heavy (non-hydrogen) atoms. The van der Waals surface area contributed by atoms with E-state index in [4.69, 9.17) is 9.47 Å². The molecule has 1 aliphatic rings. The summed E-state index contributed by atoms with van der Waals surface area (Å²) < 4.78 is 12.1. The standard InChI is InChI=1S/C20H32O2/c1-14(12-19(3,4)5)10-15(2)21-17-9-8-16-13-20(6,7)22-18(16)11-17/h8-9,11,14-15H,10,12-13H2,1-7H3. The molecule has 1 aromatic rings. The first kappa shape index (κ1) is 17.2. The number of ether oxygens (including phenoxy) is 2. The first-order valence-electron chi connectivity index (χ1n) is 8.53. The average Bonchev–Trinajstić information content (AvgIpc) is 2.58. The molecule has 0 aromatic heterocycles. The summed E-state index contributed by atoms with van der Waals surface area (Å²) in [5, 5.41) is 0. The molecule has 1 aliphatic heterocycles. The fourth-order valence-electron chi connectivity index (χ4n) is 3.62. The molecule has 0 radical (unpaired) electrons. The number of hydrogen-bond donors (Lipinski definition) is 0. The molecule has 0 amide bonds. The Morgan fingerprint density at radius 3 is 2.55 bits per heavy atom. The van der Waals surface area contributed by atoms with Crippen LogP contribution in [-0.4, -0.2) is 11.7 Å². The normalized spacial score (nSPS) is 19.2. The Kier molecular flexibility index (Phi) is 4.79. The first-order chi connectivity index (χ1) is 10.0. The van der Waals surface area contributed by atoms with Gasteiger partial charge in [0.1, 0.15) is 17.1 Å². The Labute approximate surface area is 136 Å². The summed E-state index contributed by atoms with van der Waals surface area (Å²) in [7, 11) is 0. The second-order valence-electron chi connectivity index (χ2n) is 8.84. The van der Waals surface area contributed by atoms with E-state index < -0.39 is 0 Å². The van der Waals surface area contributed by atoms with Gasteiger partial charge in [-0.1, -0.05) is 33.8 Å². The zero-order valence-electron chi connectivity index (χ0n) is 15.3. The van der Waals surface area contributed by atoms with E-state index in [-0.39, 0.29) is 11.7 Å². The number of benzene rings is 1. The van der Waals surface area contributed by atoms with Gasteiger partial charge in [0.2, 0.25) is 0 Å². The van der Waals surface area contributed by atoms with Gasteiger partial charge < -0.3 is 9.47 Å². The zero-order valence-corrected chi connectivity index (χ0v) is 15.3. The van der Waals surface area contributed by atoms with Gasteiger partial charge in [-0.25, -0.2) is 0 Å². The third-order valence-electron chi connectivity index (χ3n) is 4.07. The fourth-order valence-corrected chi connectivity index (χ4v) is 3.62. The van der Waals surface area contributed by atoms with Gasteiger partial charge in [0.05, 0.1) is 6.10 Å². The quantitative estimate of drug-likeness (QED) is 0.702. The second-order valence-corrected chi connectivity index (χ2v) is 8.84. The maximum atomic E-state index is 6.11. The molecule has 1 heterocycles. The molecule has 0 N–H and O–H groups in total. The molecular formula is C20H32O2. The van der Waals surface area contributed by atoms with Crippen molar-refractivity contribution in [1.29, 1.82) is 0 Å². The van der Waals surface area contributed by atoms with Gasteiger partial charge in [-0.3, -0.25) is 0 Å². The minimum absolute atomic E-state index is 0.0895. The van der Waals surface area contributed by atoms with Crippen LogP contribution in [0.3, 0.4) is 0 Å². The lowest BCUT2D eigenvalue weighted by Crippen LogP contribution is -2.24. The molecule has 0 bridgehead atoms. The Balaban J connectivity index is 1.92. The molecule has 1 aromatic carbocycles. The van der Waals surface area contributed by atoms with Crippen molar-refractivity contribution in [3.05, 3.63) is 23.8 Å². The van der Waals surface area contributed by atoms with Crippen LogP contribution in [0.15, 0.2) is 18.2 Å². The van der Waals surface area contributed by atoms with E-state index in [0.717, 1.165) is 24.3 Å². The van der Waals surface area contributed by atoms with Gasteiger partial charge in [-0.2, -0.15) is 0 Å². The van der Waals surface area contributed by atoms with Crippen molar-refractivity contribution in [2.24, 2.45) is 11.3 Å². The lowest BCUT2D eigenvalue weighted by molar-refractivity contribution is 0.137. The van der Waals surface area contributed by atoms with Gasteiger partial charge in [0.15, 0.2) is 0 Å². The summed E-state index contributed by atoms with van der Waals surface area (Å²) >= 11 is 0. The maximum absolute atomic E-state index is 6.11. The molecule has 0 saturated heterocycles. The average molecular weight is 304 g/mol. The van der Waals surface area contributed by atoms with Crippen molar-refractivity contribution >= 4 is 0 Å². The Hall–Kier alpha value is -1.18. The van der Waals surface area contributed by atoms with E-state index in [1.807, 2.05) is 0 Å². The predicted molar refractivity (Wildman–Crippen MR) is 92.8 cm³/mol. The third kappa shape index (κ3) is 4.93.